The maximum Gasteiger partial charge on any atom is 0.125 e. The van der Waals surface area contributed by atoms with Crippen molar-refractivity contribution in [1.29, 1.82) is 5.26 Å². The molecule has 2 N–H and O–H groups in total. The molecule has 0 saturated carbocycles. The van der Waals surface area contributed by atoms with Crippen molar-refractivity contribution in [2.24, 2.45) is 0 Å². The van der Waals surface area contributed by atoms with E-state index < -0.39 is 0 Å². The molecule has 1 unspecified atom stereocenters. The molecule has 0 spiro atoms. The molecule has 0 radical (unpaired) electrons. The van der Waals surface area contributed by atoms with Gasteiger partial charge in [0.2, 0.25) is 0 Å². The molecule has 2 rings (SSSR count). The third-order valence-electron chi connectivity index (χ3n) is 2.63. The van der Waals surface area contributed by atoms with Gasteiger partial charge in [-0.25, -0.2) is 0 Å². The highest BCUT2D eigenvalue weighted by atomic mass is 14.9. The Kier molecular flexibility index (Phi) is 2.29. The van der Waals surface area contributed by atoms with Gasteiger partial charge in [0.1, 0.15) is 6.04 Å². The van der Waals surface area contributed by atoms with Crippen LogP contribution in [0.2, 0.25) is 0 Å². The summed E-state index contributed by atoms with van der Waals surface area (Å²) in [6, 6.07) is 11.1. The Labute approximate surface area is 78.2 Å². The third-order valence-corrected chi connectivity index (χ3v) is 2.63. The van der Waals surface area contributed by atoms with Gasteiger partial charge in [-0.1, -0.05) is 24.3 Å². The maximum atomic E-state index is 8.67. The molecule has 1 aromatic carbocycles. The van der Waals surface area contributed by atoms with Gasteiger partial charge in [-0.15, -0.1) is 0 Å². The first kappa shape index (κ1) is 8.28. The monoisotopic (exact) mass is 173 g/mol. The molecule has 1 heterocycles. The van der Waals surface area contributed by atoms with E-state index in [2.05, 4.69) is 35.7 Å². The summed E-state index contributed by atoms with van der Waals surface area (Å²) >= 11 is 0. The fourth-order valence-electron chi connectivity index (χ4n) is 1.98. The van der Waals surface area contributed by atoms with Crippen molar-refractivity contribution in [3.63, 3.8) is 0 Å². The van der Waals surface area contributed by atoms with Crippen molar-refractivity contribution < 1.29 is 5.32 Å². The second kappa shape index (κ2) is 3.59. The first-order chi connectivity index (χ1) is 6.42. The molecule has 0 bridgehead atoms. The summed E-state index contributed by atoms with van der Waals surface area (Å²) in [4.78, 5) is 0. The number of nitrogens with two attached hydrogens (primary N) is 1. The summed E-state index contributed by atoms with van der Waals surface area (Å²) in [5.41, 5.74) is 2.78. The van der Waals surface area contributed by atoms with Gasteiger partial charge in [-0.3, -0.25) is 0 Å². The number of benzene rings is 1. The largest absolute Gasteiger partial charge is 0.339 e. The van der Waals surface area contributed by atoms with Crippen LogP contribution in [0.3, 0.4) is 0 Å². The van der Waals surface area contributed by atoms with Crippen LogP contribution < -0.4 is 5.32 Å². The Morgan fingerprint density at radius 3 is 3.15 bits per heavy atom. The third kappa shape index (κ3) is 1.56. The maximum absolute atomic E-state index is 8.67. The van der Waals surface area contributed by atoms with E-state index in [1.165, 1.54) is 11.1 Å². The van der Waals surface area contributed by atoms with Crippen molar-refractivity contribution in [2.75, 3.05) is 6.54 Å². The molecule has 66 valence electrons. The van der Waals surface area contributed by atoms with Gasteiger partial charge in [0.15, 0.2) is 0 Å². The fraction of sp³-hybridized carbons (Fsp3) is 0.364. The van der Waals surface area contributed by atoms with Gasteiger partial charge < -0.3 is 5.32 Å². The van der Waals surface area contributed by atoms with Crippen LogP contribution in [0.1, 0.15) is 23.6 Å². The Bertz CT molecular complexity index is 338. The van der Waals surface area contributed by atoms with E-state index in [1.54, 1.807) is 0 Å². The van der Waals surface area contributed by atoms with E-state index in [0.717, 1.165) is 13.0 Å². The highest BCUT2D eigenvalue weighted by molar-refractivity contribution is 5.30. The average molecular weight is 173 g/mol. The molecule has 1 aromatic rings. The molecule has 1 atom stereocenters. The standard InChI is InChI=1S/C11H12N2/c12-7-5-11-10-4-2-1-3-9(10)6-8-13-11/h1-4,11,13H,5-6,8H2/p+1. The minimum atomic E-state index is 0.370. The number of nitriles is 1. The molecule has 2 nitrogen and oxygen atoms in total. The van der Waals surface area contributed by atoms with Crippen molar-refractivity contribution in [3.05, 3.63) is 35.4 Å². The molecule has 1 aliphatic heterocycles. The lowest BCUT2D eigenvalue weighted by molar-refractivity contribution is -0.698. The first-order valence-electron chi connectivity index (χ1n) is 4.70. The summed E-state index contributed by atoms with van der Waals surface area (Å²) in [6.45, 7) is 1.11. The van der Waals surface area contributed by atoms with Crippen molar-refractivity contribution in [2.45, 2.75) is 18.9 Å². The van der Waals surface area contributed by atoms with Gasteiger partial charge >= 0.3 is 0 Å². The van der Waals surface area contributed by atoms with E-state index in [9.17, 15) is 0 Å². The van der Waals surface area contributed by atoms with Crippen LogP contribution in [0, 0.1) is 11.3 Å². The minimum Gasteiger partial charge on any atom is -0.339 e. The highest BCUT2D eigenvalue weighted by Gasteiger charge is 2.21. The van der Waals surface area contributed by atoms with Gasteiger partial charge in [0.05, 0.1) is 19.0 Å². The van der Waals surface area contributed by atoms with Crippen LogP contribution in [-0.2, 0) is 6.42 Å². The predicted octanol–water partition coefficient (Wildman–Crippen LogP) is 0.761. The number of hydrogen-bond acceptors (Lipinski definition) is 1. The predicted molar refractivity (Wildman–Crippen MR) is 49.9 cm³/mol. The van der Waals surface area contributed by atoms with E-state index in [4.69, 9.17) is 5.26 Å². The van der Waals surface area contributed by atoms with Gasteiger partial charge in [-0.2, -0.15) is 5.26 Å². The molecule has 13 heavy (non-hydrogen) atoms. The lowest BCUT2D eigenvalue weighted by Crippen LogP contribution is -2.87. The molecule has 0 fully saturated rings. The smallest absolute Gasteiger partial charge is 0.125 e. The fourth-order valence-corrected chi connectivity index (χ4v) is 1.98. The molecule has 2 heteroatoms. The molecule has 0 aliphatic carbocycles. The quantitative estimate of drug-likeness (QED) is 0.669. The Hall–Kier alpha value is -1.33. The molecule has 0 amide bonds. The normalized spacial score (nSPS) is 20.4. The van der Waals surface area contributed by atoms with Crippen LogP contribution in [0.15, 0.2) is 24.3 Å². The lowest BCUT2D eigenvalue weighted by atomic mass is 9.93. The summed E-state index contributed by atoms with van der Waals surface area (Å²) < 4.78 is 0. The summed E-state index contributed by atoms with van der Waals surface area (Å²) in [6.07, 6.45) is 1.76. The zero-order chi connectivity index (χ0) is 9.10. The Balaban J connectivity index is 2.32. The van der Waals surface area contributed by atoms with E-state index in [-0.39, 0.29) is 0 Å². The number of fused-ring (bicyclic) bond motifs is 1. The molecule has 0 aromatic heterocycles. The summed E-state index contributed by atoms with van der Waals surface area (Å²) in [5, 5.41) is 10.9. The Morgan fingerprint density at radius 1 is 1.46 bits per heavy atom. The first-order valence-corrected chi connectivity index (χ1v) is 4.70. The number of nitrogens with zero attached hydrogens (tertiary/aromatic N) is 1. The van der Waals surface area contributed by atoms with Crippen molar-refractivity contribution in [3.8, 4) is 6.07 Å². The van der Waals surface area contributed by atoms with Crippen molar-refractivity contribution >= 4 is 0 Å². The zero-order valence-electron chi connectivity index (χ0n) is 7.53. The molecule has 1 aliphatic rings. The van der Waals surface area contributed by atoms with Crippen LogP contribution >= 0.6 is 0 Å². The minimum absolute atomic E-state index is 0.370. The van der Waals surface area contributed by atoms with E-state index in [0.29, 0.717) is 12.5 Å². The number of rotatable bonds is 1. The van der Waals surface area contributed by atoms with Crippen LogP contribution in [0.25, 0.3) is 0 Å². The highest BCUT2D eigenvalue weighted by Crippen LogP contribution is 2.20. The molecule has 0 saturated heterocycles. The van der Waals surface area contributed by atoms with Crippen LogP contribution in [-0.4, -0.2) is 6.54 Å². The number of quaternary nitrogens is 1. The van der Waals surface area contributed by atoms with Gasteiger partial charge in [0, 0.05) is 12.0 Å². The van der Waals surface area contributed by atoms with E-state index >= 15 is 0 Å². The number of hydrogen-bond donors (Lipinski definition) is 1. The second-order valence-electron chi connectivity index (χ2n) is 3.44. The van der Waals surface area contributed by atoms with Crippen molar-refractivity contribution in [1.82, 2.24) is 0 Å². The summed E-state index contributed by atoms with van der Waals surface area (Å²) in [7, 11) is 0. The van der Waals surface area contributed by atoms with Gasteiger partial charge in [-0.05, 0) is 5.56 Å². The second-order valence-corrected chi connectivity index (χ2v) is 3.44. The van der Waals surface area contributed by atoms with Gasteiger partial charge in [0.25, 0.3) is 0 Å². The topological polar surface area (TPSA) is 40.4 Å². The molecular formula is C11H13N2+. The molecular weight excluding hydrogens is 160 g/mol. The Morgan fingerprint density at radius 2 is 2.31 bits per heavy atom. The van der Waals surface area contributed by atoms with E-state index in [1.807, 2.05) is 0 Å². The SMILES string of the molecule is N#CCC1[NH2+]CCc2ccccc21. The summed E-state index contributed by atoms with van der Waals surface area (Å²) in [5.74, 6) is 0. The zero-order valence-corrected chi connectivity index (χ0v) is 7.53. The van der Waals surface area contributed by atoms with Crippen LogP contribution in [0.5, 0.6) is 0 Å². The average Bonchev–Trinajstić information content (AvgIpc) is 2.19. The van der Waals surface area contributed by atoms with Crippen LogP contribution in [0.4, 0.5) is 0 Å². The lowest BCUT2D eigenvalue weighted by Gasteiger charge is -2.21.